The summed E-state index contributed by atoms with van der Waals surface area (Å²) in [5, 5.41) is 5.69. The van der Waals surface area contributed by atoms with Gasteiger partial charge in [0.2, 0.25) is 12.2 Å². The Labute approximate surface area is 157 Å². The summed E-state index contributed by atoms with van der Waals surface area (Å²) in [5.74, 6) is -6.30. The molecule has 2 aliphatic heterocycles. The highest BCUT2D eigenvalue weighted by molar-refractivity contribution is 6.29. The van der Waals surface area contributed by atoms with Crippen molar-refractivity contribution in [3.63, 3.8) is 0 Å². The minimum absolute atomic E-state index is 0.0484. The van der Waals surface area contributed by atoms with Crippen molar-refractivity contribution in [2.75, 3.05) is 26.2 Å². The fraction of sp³-hybridized carbons (Fsp3) is 0.875. The van der Waals surface area contributed by atoms with Crippen LogP contribution in [0, 0.1) is 11.8 Å². The maximum Gasteiger partial charge on any atom is 0.425 e. The van der Waals surface area contributed by atoms with Gasteiger partial charge < -0.3 is 20.1 Å². The summed E-state index contributed by atoms with van der Waals surface area (Å²) in [6.45, 7) is 1.08. The van der Waals surface area contributed by atoms with E-state index in [-0.39, 0.29) is 51.9 Å². The molecule has 0 saturated carbocycles. The summed E-state index contributed by atoms with van der Waals surface area (Å²) in [6.07, 6.45) is -14.8. The molecule has 2 fully saturated rings. The summed E-state index contributed by atoms with van der Waals surface area (Å²) >= 11 is 0. The predicted octanol–water partition coefficient (Wildman–Crippen LogP) is 1.93. The van der Waals surface area contributed by atoms with Crippen molar-refractivity contribution in [3.05, 3.63) is 0 Å². The van der Waals surface area contributed by atoms with Crippen LogP contribution in [0.4, 0.5) is 26.3 Å². The molecule has 2 aliphatic rings. The number of alkyl halides is 6. The Balaban J connectivity index is 2.04. The Bertz CT molecular complexity index is 494. The Morgan fingerprint density at radius 3 is 1.21 bits per heavy atom. The highest BCUT2D eigenvalue weighted by Gasteiger charge is 2.51. The quantitative estimate of drug-likeness (QED) is 0.411. The molecular formula is C16H22F6N2O4. The van der Waals surface area contributed by atoms with E-state index in [1.54, 1.807) is 0 Å². The van der Waals surface area contributed by atoms with Crippen molar-refractivity contribution in [1.29, 1.82) is 0 Å². The van der Waals surface area contributed by atoms with E-state index in [1.807, 2.05) is 0 Å². The third kappa shape index (κ3) is 6.23. The van der Waals surface area contributed by atoms with E-state index >= 15 is 0 Å². The van der Waals surface area contributed by atoms with E-state index in [1.165, 1.54) is 0 Å². The third-order valence-corrected chi connectivity index (χ3v) is 4.90. The SMILES string of the molecule is O=C(OC(C1CCNCC1)C(F)(F)F)C(=O)OC(C1CCNCC1)C(F)(F)F. The molecule has 2 unspecified atom stereocenters. The highest BCUT2D eigenvalue weighted by Crippen LogP contribution is 2.35. The number of carbonyl (C=O) groups is 2. The van der Waals surface area contributed by atoms with Crippen LogP contribution in [0.3, 0.4) is 0 Å². The van der Waals surface area contributed by atoms with Crippen LogP contribution in [0.25, 0.3) is 0 Å². The second-order valence-corrected chi connectivity index (χ2v) is 6.91. The van der Waals surface area contributed by atoms with Crippen LogP contribution >= 0.6 is 0 Å². The summed E-state index contributed by atoms with van der Waals surface area (Å²) in [4.78, 5) is 23.6. The molecule has 0 amide bonds. The summed E-state index contributed by atoms with van der Waals surface area (Å²) in [6, 6.07) is 0. The van der Waals surface area contributed by atoms with E-state index < -0.39 is 48.3 Å². The molecule has 2 heterocycles. The monoisotopic (exact) mass is 420 g/mol. The minimum atomic E-state index is -4.95. The lowest BCUT2D eigenvalue weighted by Gasteiger charge is -2.32. The van der Waals surface area contributed by atoms with Crippen molar-refractivity contribution < 1.29 is 45.4 Å². The van der Waals surface area contributed by atoms with Gasteiger partial charge in [-0.3, -0.25) is 0 Å². The number of hydrogen-bond acceptors (Lipinski definition) is 6. The van der Waals surface area contributed by atoms with Gasteiger partial charge in [-0.05, 0) is 51.9 Å². The molecule has 2 rings (SSSR count). The molecule has 2 N–H and O–H groups in total. The number of piperidine rings is 2. The lowest BCUT2D eigenvalue weighted by atomic mass is 9.91. The van der Waals surface area contributed by atoms with E-state index in [2.05, 4.69) is 20.1 Å². The molecule has 2 atom stereocenters. The maximum atomic E-state index is 13.2. The Kier molecular flexibility index (Phi) is 7.54. The van der Waals surface area contributed by atoms with Crippen molar-refractivity contribution in [3.8, 4) is 0 Å². The molecule has 0 aromatic heterocycles. The van der Waals surface area contributed by atoms with Crippen LogP contribution in [-0.4, -0.2) is 62.7 Å². The molecule has 162 valence electrons. The van der Waals surface area contributed by atoms with Gasteiger partial charge in [-0.1, -0.05) is 0 Å². The van der Waals surface area contributed by atoms with Gasteiger partial charge in [0.15, 0.2) is 0 Å². The van der Waals surface area contributed by atoms with E-state index in [0.717, 1.165) is 0 Å². The van der Waals surface area contributed by atoms with Crippen LogP contribution in [0.1, 0.15) is 25.7 Å². The van der Waals surface area contributed by atoms with Gasteiger partial charge in [-0.15, -0.1) is 0 Å². The van der Waals surface area contributed by atoms with Gasteiger partial charge >= 0.3 is 24.3 Å². The molecule has 0 radical (unpaired) electrons. The Morgan fingerprint density at radius 2 is 0.964 bits per heavy atom. The smallest absolute Gasteiger partial charge is 0.425 e. The van der Waals surface area contributed by atoms with Crippen molar-refractivity contribution in [2.24, 2.45) is 11.8 Å². The lowest BCUT2D eigenvalue weighted by Crippen LogP contribution is -2.48. The minimum Gasteiger partial charge on any atom is -0.444 e. The average Bonchev–Trinajstić information content (AvgIpc) is 2.63. The second-order valence-electron chi connectivity index (χ2n) is 6.91. The van der Waals surface area contributed by atoms with Crippen LogP contribution in [0.5, 0.6) is 0 Å². The normalized spacial score (nSPS) is 22.4. The fourth-order valence-corrected chi connectivity index (χ4v) is 3.48. The zero-order chi connectivity index (χ0) is 20.9. The largest absolute Gasteiger partial charge is 0.444 e. The standard InChI is InChI=1S/C16H22F6N2O4/c17-15(18,19)11(9-1-5-23-6-2-9)27-13(25)14(26)28-12(16(20,21)22)10-3-7-24-8-4-10/h9-12,23-24H,1-8H2. The first-order chi connectivity index (χ1) is 13.0. The number of hydrogen-bond donors (Lipinski definition) is 2. The van der Waals surface area contributed by atoms with Crippen LogP contribution in [0.2, 0.25) is 0 Å². The number of rotatable bonds is 4. The number of esters is 2. The predicted molar refractivity (Wildman–Crippen MR) is 83.1 cm³/mol. The highest BCUT2D eigenvalue weighted by atomic mass is 19.4. The molecule has 0 aromatic carbocycles. The molecule has 0 aliphatic carbocycles. The summed E-state index contributed by atoms with van der Waals surface area (Å²) < 4.78 is 87.9. The molecule has 6 nitrogen and oxygen atoms in total. The second kappa shape index (κ2) is 9.29. The molecule has 2 saturated heterocycles. The van der Waals surface area contributed by atoms with Crippen molar-refractivity contribution in [2.45, 2.75) is 50.2 Å². The molecule has 28 heavy (non-hydrogen) atoms. The first-order valence-electron chi connectivity index (χ1n) is 8.96. The molecule has 0 bridgehead atoms. The van der Waals surface area contributed by atoms with Crippen molar-refractivity contribution >= 4 is 11.9 Å². The van der Waals surface area contributed by atoms with Crippen molar-refractivity contribution in [1.82, 2.24) is 10.6 Å². The van der Waals surface area contributed by atoms with Gasteiger partial charge in [0.05, 0.1) is 0 Å². The molecular weight excluding hydrogens is 398 g/mol. The molecule has 0 aromatic rings. The Morgan fingerprint density at radius 1 is 0.679 bits per heavy atom. The lowest BCUT2D eigenvalue weighted by molar-refractivity contribution is -0.248. The summed E-state index contributed by atoms with van der Waals surface area (Å²) in [5.41, 5.74) is 0. The van der Waals surface area contributed by atoms with E-state index in [4.69, 9.17) is 0 Å². The van der Waals surface area contributed by atoms with Gasteiger partial charge in [0, 0.05) is 11.8 Å². The van der Waals surface area contributed by atoms with Crippen LogP contribution in [-0.2, 0) is 19.1 Å². The zero-order valence-electron chi connectivity index (χ0n) is 14.9. The zero-order valence-corrected chi connectivity index (χ0v) is 14.9. The van der Waals surface area contributed by atoms with E-state index in [0.29, 0.717) is 0 Å². The Hall–Kier alpha value is -1.56. The molecule has 12 heteroatoms. The third-order valence-electron chi connectivity index (χ3n) is 4.90. The number of carbonyl (C=O) groups excluding carboxylic acids is 2. The van der Waals surface area contributed by atoms with Crippen LogP contribution < -0.4 is 10.6 Å². The topological polar surface area (TPSA) is 76.7 Å². The first-order valence-corrected chi connectivity index (χ1v) is 8.96. The van der Waals surface area contributed by atoms with Crippen LogP contribution in [0.15, 0.2) is 0 Å². The first kappa shape index (κ1) is 22.7. The van der Waals surface area contributed by atoms with E-state index in [9.17, 15) is 35.9 Å². The molecule has 0 spiro atoms. The number of halogens is 6. The van der Waals surface area contributed by atoms with Gasteiger partial charge in [0.1, 0.15) is 0 Å². The van der Waals surface area contributed by atoms with Gasteiger partial charge in [-0.25, -0.2) is 9.59 Å². The maximum absolute atomic E-state index is 13.2. The number of ether oxygens (including phenoxy) is 2. The number of nitrogens with one attached hydrogen (secondary N) is 2. The van der Waals surface area contributed by atoms with Gasteiger partial charge in [-0.2, -0.15) is 26.3 Å². The van der Waals surface area contributed by atoms with Gasteiger partial charge in [0.25, 0.3) is 0 Å². The fourth-order valence-electron chi connectivity index (χ4n) is 3.48. The summed E-state index contributed by atoms with van der Waals surface area (Å²) in [7, 11) is 0. The average molecular weight is 420 g/mol.